The predicted octanol–water partition coefficient (Wildman–Crippen LogP) is 3.84. The average Bonchev–Trinajstić information content (AvgIpc) is 2.45. The number of pyridine rings is 1. The van der Waals surface area contributed by atoms with Crippen molar-refractivity contribution >= 4 is 22.7 Å². The number of fused-ring (bicyclic) bond motifs is 1. The van der Waals surface area contributed by atoms with Crippen molar-refractivity contribution in [1.29, 1.82) is 0 Å². The van der Waals surface area contributed by atoms with Gasteiger partial charge in [0.25, 0.3) is 0 Å². The van der Waals surface area contributed by atoms with Crippen LogP contribution in [0, 0.1) is 0 Å². The van der Waals surface area contributed by atoms with Crippen molar-refractivity contribution in [2.24, 2.45) is 0 Å². The van der Waals surface area contributed by atoms with Crippen molar-refractivity contribution in [3.63, 3.8) is 0 Å². The van der Waals surface area contributed by atoms with Crippen LogP contribution in [-0.4, -0.2) is 18.6 Å². The minimum Gasteiger partial charge on any atom is -0.497 e. The largest absolute Gasteiger partial charge is 0.497 e. The Hall–Kier alpha value is -2.29. The van der Waals surface area contributed by atoms with Crippen LogP contribution in [0.3, 0.4) is 0 Å². The number of nitrogens with one attached hydrogen (secondary N) is 1. The standard InChI is InChI=1S/C16H18N2O/c1-4-17-15-10-13-6-5-9-18-16(13)11-14(15)8-7-12(2)19-3/h5-11,17H,2,4H2,1,3H3/b8-7+. The molecular formula is C16H18N2O. The summed E-state index contributed by atoms with van der Waals surface area (Å²) in [5.41, 5.74) is 3.14. The SMILES string of the molecule is C=C(/C=C/c1cc2ncccc2cc1NCC)OC. The van der Waals surface area contributed by atoms with E-state index in [0.717, 1.165) is 28.7 Å². The summed E-state index contributed by atoms with van der Waals surface area (Å²) in [7, 11) is 1.61. The molecule has 19 heavy (non-hydrogen) atoms. The lowest BCUT2D eigenvalue weighted by Gasteiger charge is -2.09. The Morgan fingerprint density at radius 3 is 3.05 bits per heavy atom. The highest BCUT2D eigenvalue weighted by Gasteiger charge is 2.02. The summed E-state index contributed by atoms with van der Waals surface area (Å²) in [4.78, 5) is 4.38. The third kappa shape index (κ3) is 3.13. The maximum atomic E-state index is 5.04. The first-order chi connectivity index (χ1) is 9.24. The normalized spacial score (nSPS) is 10.8. The van der Waals surface area contributed by atoms with Gasteiger partial charge in [-0.25, -0.2) is 0 Å². The van der Waals surface area contributed by atoms with Crippen LogP contribution in [-0.2, 0) is 4.74 Å². The van der Waals surface area contributed by atoms with Gasteiger partial charge in [0.15, 0.2) is 0 Å². The zero-order valence-electron chi connectivity index (χ0n) is 11.3. The molecular weight excluding hydrogens is 236 g/mol. The molecule has 0 spiro atoms. The molecule has 2 aromatic rings. The smallest absolute Gasteiger partial charge is 0.111 e. The lowest BCUT2D eigenvalue weighted by Crippen LogP contribution is -1.99. The van der Waals surface area contributed by atoms with Crippen LogP contribution in [0.15, 0.2) is 48.9 Å². The van der Waals surface area contributed by atoms with Crippen LogP contribution in [0.1, 0.15) is 12.5 Å². The number of rotatable bonds is 5. The Morgan fingerprint density at radius 2 is 2.32 bits per heavy atom. The van der Waals surface area contributed by atoms with Crippen molar-refractivity contribution < 1.29 is 4.74 Å². The molecule has 3 heteroatoms. The first kappa shape index (κ1) is 13.1. The molecule has 1 heterocycles. The number of allylic oxidation sites excluding steroid dienone is 1. The zero-order valence-corrected chi connectivity index (χ0v) is 11.3. The zero-order chi connectivity index (χ0) is 13.7. The molecule has 0 saturated heterocycles. The fourth-order valence-electron chi connectivity index (χ4n) is 1.87. The van der Waals surface area contributed by atoms with Gasteiger partial charge in [-0.1, -0.05) is 12.6 Å². The molecule has 0 bridgehead atoms. The van der Waals surface area contributed by atoms with Gasteiger partial charge in [0.05, 0.1) is 12.6 Å². The molecule has 0 saturated carbocycles. The molecule has 2 rings (SSSR count). The van der Waals surface area contributed by atoms with Gasteiger partial charge >= 0.3 is 0 Å². The molecule has 1 aromatic carbocycles. The number of hydrogen-bond donors (Lipinski definition) is 1. The monoisotopic (exact) mass is 254 g/mol. The van der Waals surface area contributed by atoms with Gasteiger partial charge in [0, 0.05) is 23.8 Å². The Kier molecular flexibility index (Phi) is 4.18. The molecule has 0 amide bonds. The van der Waals surface area contributed by atoms with Crippen molar-refractivity contribution in [3.05, 3.63) is 54.4 Å². The molecule has 0 fully saturated rings. The number of anilines is 1. The summed E-state index contributed by atoms with van der Waals surface area (Å²) in [5.74, 6) is 0.628. The van der Waals surface area contributed by atoms with Crippen LogP contribution in [0.5, 0.6) is 0 Å². The lowest BCUT2D eigenvalue weighted by atomic mass is 10.1. The van der Waals surface area contributed by atoms with E-state index in [1.54, 1.807) is 13.3 Å². The molecule has 0 aliphatic rings. The van der Waals surface area contributed by atoms with Gasteiger partial charge in [0.1, 0.15) is 5.76 Å². The summed E-state index contributed by atoms with van der Waals surface area (Å²) in [6, 6.07) is 8.18. The minimum atomic E-state index is 0.628. The lowest BCUT2D eigenvalue weighted by molar-refractivity contribution is 0.309. The third-order valence-corrected chi connectivity index (χ3v) is 2.85. The van der Waals surface area contributed by atoms with E-state index >= 15 is 0 Å². The van der Waals surface area contributed by atoms with Gasteiger partial charge in [-0.3, -0.25) is 4.98 Å². The van der Waals surface area contributed by atoms with E-state index in [1.165, 1.54) is 0 Å². The average molecular weight is 254 g/mol. The van der Waals surface area contributed by atoms with Crippen LogP contribution >= 0.6 is 0 Å². The second-order valence-corrected chi connectivity index (χ2v) is 4.17. The van der Waals surface area contributed by atoms with E-state index in [9.17, 15) is 0 Å². The van der Waals surface area contributed by atoms with Crippen LogP contribution in [0.2, 0.25) is 0 Å². The van der Waals surface area contributed by atoms with E-state index in [0.29, 0.717) is 5.76 Å². The molecule has 0 atom stereocenters. The Balaban J connectivity index is 2.47. The topological polar surface area (TPSA) is 34.2 Å². The number of nitrogens with zero attached hydrogens (tertiary/aromatic N) is 1. The van der Waals surface area contributed by atoms with Crippen LogP contribution in [0.25, 0.3) is 17.0 Å². The number of aromatic nitrogens is 1. The van der Waals surface area contributed by atoms with Crippen LogP contribution in [0.4, 0.5) is 5.69 Å². The Labute approximate surface area is 113 Å². The maximum absolute atomic E-state index is 5.04. The summed E-state index contributed by atoms with van der Waals surface area (Å²) in [6.07, 6.45) is 5.64. The number of methoxy groups -OCH3 is 1. The summed E-state index contributed by atoms with van der Waals surface area (Å²) in [5, 5.41) is 4.49. The second kappa shape index (κ2) is 6.05. The Morgan fingerprint density at radius 1 is 1.47 bits per heavy atom. The number of ether oxygens (including phenoxy) is 1. The maximum Gasteiger partial charge on any atom is 0.111 e. The highest BCUT2D eigenvalue weighted by Crippen LogP contribution is 2.24. The van der Waals surface area contributed by atoms with E-state index in [-0.39, 0.29) is 0 Å². The second-order valence-electron chi connectivity index (χ2n) is 4.17. The number of benzene rings is 1. The molecule has 0 aliphatic heterocycles. The molecule has 0 aliphatic carbocycles. The fourth-order valence-corrected chi connectivity index (χ4v) is 1.87. The van der Waals surface area contributed by atoms with E-state index in [1.807, 2.05) is 18.2 Å². The molecule has 1 N–H and O–H groups in total. The van der Waals surface area contributed by atoms with E-state index in [2.05, 4.69) is 42.0 Å². The molecule has 98 valence electrons. The summed E-state index contributed by atoms with van der Waals surface area (Å²) < 4.78 is 5.04. The molecule has 0 unspecified atom stereocenters. The van der Waals surface area contributed by atoms with Gasteiger partial charge in [-0.2, -0.15) is 0 Å². The quantitative estimate of drug-likeness (QED) is 0.650. The highest BCUT2D eigenvalue weighted by atomic mass is 16.5. The summed E-state index contributed by atoms with van der Waals surface area (Å²) >= 11 is 0. The molecule has 1 aromatic heterocycles. The van der Waals surface area contributed by atoms with Crippen molar-refractivity contribution in [2.75, 3.05) is 19.0 Å². The highest BCUT2D eigenvalue weighted by molar-refractivity contribution is 5.87. The minimum absolute atomic E-state index is 0.628. The van der Waals surface area contributed by atoms with Crippen molar-refractivity contribution in [2.45, 2.75) is 6.92 Å². The van der Waals surface area contributed by atoms with Gasteiger partial charge < -0.3 is 10.1 Å². The number of hydrogen-bond acceptors (Lipinski definition) is 3. The molecule has 3 nitrogen and oxygen atoms in total. The van der Waals surface area contributed by atoms with Gasteiger partial charge in [-0.05, 0) is 42.8 Å². The van der Waals surface area contributed by atoms with Gasteiger partial charge in [-0.15, -0.1) is 0 Å². The van der Waals surface area contributed by atoms with E-state index < -0.39 is 0 Å². The first-order valence-electron chi connectivity index (χ1n) is 6.28. The molecule has 0 radical (unpaired) electrons. The Bertz CT molecular complexity index is 617. The first-order valence-corrected chi connectivity index (χ1v) is 6.28. The fraction of sp³-hybridized carbons (Fsp3) is 0.188. The van der Waals surface area contributed by atoms with Crippen molar-refractivity contribution in [3.8, 4) is 0 Å². The summed E-state index contributed by atoms with van der Waals surface area (Å²) in [6.45, 7) is 6.73. The van der Waals surface area contributed by atoms with Crippen LogP contribution < -0.4 is 5.32 Å². The predicted molar refractivity (Wildman–Crippen MR) is 81.1 cm³/mol. The van der Waals surface area contributed by atoms with Crippen molar-refractivity contribution in [1.82, 2.24) is 4.98 Å². The van der Waals surface area contributed by atoms with Gasteiger partial charge in [0.2, 0.25) is 0 Å². The van der Waals surface area contributed by atoms with E-state index in [4.69, 9.17) is 4.74 Å². The third-order valence-electron chi connectivity index (χ3n) is 2.85.